The van der Waals surface area contributed by atoms with Crippen LogP contribution < -0.4 is 10.6 Å². The van der Waals surface area contributed by atoms with E-state index in [0.717, 1.165) is 58.2 Å². The highest BCUT2D eigenvalue weighted by Gasteiger charge is 2.27. The first kappa shape index (κ1) is 26.1. The summed E-state index contributed by atoms with van der Waals surface area (Å²) in [6.07, 6.45) is 12.0. The number of amides is 2. The molecule has 1 fully saturated rings. The molecule has 0 aromatic heterocycles. The van der Waals surface area contributed by atoms with Crippen LogP contribution in [0.25, 0.3) is 0 Å². The number of benzene rings is 1. The van der Waals surface area contributed by atoms with Gasteiger partial charge in [-0.2, -0.15) is 0 Å². The lowest BCUT2D eigenvalue weighted by molar-refractivity contribution is 0.0131. The molecule has 1 aromatic rings. The highest BCUT2D eigenvalue weighted by atomic mass is 16.5. The highest BCUT2D eigenvalue weighted by molar-refractivity contribution is 5.95. The largest absolute Gasteiger partial charge is 0.378 e. The van der Waals surface area contributed by atoms with Crippen molar-refractivity contribution >= 4 is 17.5 Å². The van der Waals surface area contributed by atoms with Crippen LogP contribution in [-0.2, 0) is 4.74 Å². The van der Waals surface area contributed by atoms with E-state index >= 15 is 0 Å². The van der Waals surface area contributed by atoms with E-state index in [0.29, 0.717) is 17.4 Å². The van der Waals surface area contributed by atoms with E-state index in [9.17, 15) is 9.59 Å². The van der Waals surface area contributed by atoms with Crippen LogP contribution in [0.15, 0.2) is 36.9 Å². The van der Waals surface area contributed by atoms with Crippen molar-refractivity contribution < 1.29 is 14.3 Å². The van der Waals surface area contributed by atoms with Crippen molar-refractivity contribution in [3.8, 4) is 0 Å². The van der Waals surface area contributed by atoms with Crippen LogP contribution in [-0.4, -0.2) is 55.6 Å². The molecule has 1 aliphatic rings. The number of nitrogens with one attached hydrogen (secondary N) is 2. The quantitative estimate of drug-likeness (QED) is 0.229. The van der Waals surface area contributed by atoms with Gasteiger partial charge in [0.15, 0.2) is 5.78 Å². The number of urea groups is 1. The van der Waals surface area contributed by atoms with Gasteiger partial charge in [0.1, 0.15) is 0 Å². The number of rotatable bonds is 14. The zero-order valence-corrected chi connectivity index (χ0v) is 19.9. The van der Waals surface area contributed by atoms with Crippen LogP contribution in [0.3, 0.4) is 0 Å². The number of ketones is 1. The molecule has 0 radical (unpaired) electrons. The SMILES string of the molecule is C=CCCNCCCCCCOC1CCC(N(C)C(=O)Nc2ccc(C(C)=O)cc2)CC1. The summed E-state index contributed by atoms with van der Waals surface area (Å²) in [6.45, 7) is 8.22. The van der Waals surface area contributed by atoms with Crippen molar-refractivity contribution in [3.05, 3.63) is 42.5 Å². The fourth-order valence-corrected chi connectivity index (χ4v) is 4.05. The highest BCUT2D eigenvalue weighted by Crippen LogP contribution is 2.25. The Labute approximate surface area is 193 Å². The third kappa shape index (κ3) is 9.53. The summed E-state index contributed by atoms with van der Waals surface area (Å²) in [5.74, 6) is 0.0196. The van der Waals surface area contributed by atoms with Gasteiger partial charge in [0.05, 0.1) is 6.10 Å². The first-order valence-corrected chi connectivity index (χ1v) is 12.1. The van der Waals surface area contributed by atoms with Gasteiger partial charge in [-0.3, -0.25) is 4.79 Å². The zero-order valence-electron chi connectivity index (χ0n) is 19.9. The fraction of sp³-hybridized carbons (Fsp3) is 0.615. The number of carbonyl (C=O) groups is 2. The molecule has 0 heterocycles. The smallest absolute Gasteiger partial charge is 0.321 e. The predicted octanol–water partition coefficient (Wildman–Crippen LogP) is 5.41. The van der Waals surface area contributed by atoms with E-state index in [1.54, 1.807) is 29.2 Å². The van der Waals surface area contributed by atoms with E-state index in [2.05, 4.69) is 17.2 Å². The molecule has 0 bridgehead atoms. The lowest BCUT2D eigenvalue weighted by atomic mass is 9.92. The van der Waals surface area contributed by atoms with Gasteiger partial charge in [-0.15, -0.1) is 6.58 Å². The second-order valence-electron chi connectivity index (χ2n) is 8.72. The van der Waals surface area contributed by atoms with Gasteiger partial charge >= 0.3 is 6.03 Å². The van der Waals surface area contributed by atoms with Crippen LogP contribution in [0.5, 0.6) is 0 Å². The maximum absolute atomic E-state index is 12.6. The molecule has 178 valence electrons. The molecule has 6 heteroatoms. The Morgan fingerprint density at radius 3 is 2.41 bits per heavy atom. The molecule has 1 aromatic carbocycles. The van der Waals surface area contributed by atoms with Crippen molar-refractivity contribution in [2.45, 2.75) is 76.9 Å². The summed E-state index contributed by atoms with van der Waals surface area (Å²) < 4.78 is 6.08. The topological polar surface area (TPSA) is 70.7 Å². The van der Waals surface area contributed by atoms with Gasteiger partial charge in [0.25, 0.3) is 0 Å². The summed E-state index contributed by atoms with van der Waals surface area (Å²) >= 11 is 0. The first-order valence-electron chi connectivity index (χ1n) is 12.1. The molecule has 0 atom stereocenters. The van der Waals surface area contributed by atoms with E-state index in [-0.39, 0.29) is 17.9 Å². The number of ether oxygens (including phenoxy) is 1. The maximum atomic E-state index is 12.6. The third-order valence-corrected chi connectivity index (χ3v) is 6.18. The maximum Gasteiger partial charge on any atom is 0.321 e. The molecule has 1 saturated carbocycles. The molecule has 0 aliphatic heterocycles. The molecular formula is C26H41N3O3. The van der Waals surface area contributed by atoms with Crippen LogP contribution in [0.2, 0.25) is 0 Å². The van der Waals surface area contributed by atoms with Crippen LogP contribution in [0, 0.1) is 0 Å². The van der Waals surface area contributed by atoms with Crippen molar-refractivity contribution in [2.24, 2.45) is 0 Å². The van der Waals surface area contributed by atoms with E-state index in [4.69, 9.17) is 4.74 Å². The van der Waals surface area contributed by atoms with E-state index in [1.165, 1.54) is 26.2 Å². The Morgan fingerprint density at radius 2 is 1.75 bits per heavy atom. The predicted molar refractivity (Wildman–Crippen MR) is 131 cm³/mol. The van der Waals surface area contributed by atoms with E-state index < -0.39 is 0 Å². The van der Waals surface area contributed by atoms with Gasteiger partial charge < -0.3 is 20.3 Å². The van der Waals surface area contributed by atoms with Crippen LogP contribution in [0.4, 0.5) is 10.5 Å². The monoisotopic (exact) mass is 443 g/mol. The molecule has 0 saturated heterocycles. The lowest BCUT2D eigenvalue weighted by Crippen LogP contribution is -2.42. The Morgan fingerprint density at radius 1 is 1.06 bits per heavy atom. The fourth-order valence-electron chi connectivity index (χ4n) is 4.05. The molecular weight excluding hydrogens is 402 g/mol. The van der Waals surface area contributed by atoms with E-state index in [1.807, 2.05) is 13.1 Å². The van der Waals surface area contributed by atoms with Crippen molar-refractivity contribution in [1.29, 1.82) is 0 Å². The number of hydrogen-bond acceptors (Lipinski definition) is 4. The summed E-state index contributed by atoms with van der Waals surface area (Å²) in [5.41, 5.74) is 1.35. The molecule has 6 nitrogen and oxygen atoms in total. The summed E-state index contributed by atoms with van der Waals surface area (Å²) in [6, 6.07) is 7.15. The Balaban J connectivity index is 1.56. The lowest BCUT2D eigenvalue weighted by Gasteiger charge is -2.34. The Kier molecular flexibility index (Phi) is 12.1. The number of unbranched alkanes of at least 4 members (excludes halogenated alkanes) is 3. The van der Waals surface area contributed by atoms with Gasteiger partial charge in [-0.05, 0) is 89.2 Å². The number of nitrogens with zero attached hydrogens (tertiary/aromatic N) is 1. The summed E-state index contributed by atoms with van der Waals surface area (Å²) in [4.78, 5) is 25.8. The third-order valence-electron chi connectivity index (χ3n) is 6.18. The minimum atomic E-state index is -0.107. The number of anilines is 1. The minimum Gasteiger partial charge on any atom is -0.378 e. The van der Waals surface area contributed by atoms with Gasteiger partial charge in [-0.1, -0.05) is 18.9 Å². The molecule has 2 amide bonds. The second kappa shape index (κ2) is 14.8. The summed E-state index contributed by atoms with van der Waals surface area (Å²) in [7, 11) is 1.86. The molecule has 32 heavy (non-hydrogen) atoms. The molecule has 0 spiro atoms. The van der Waals surface area contributed by atoms with Crippen LogP contribution >= 0.6 is 0 Å². The minimum absolute atomic E-state index is 0.0196. The van der Waals surface area contributed by atoms with Crippen molar-refractivity contribution in [3.63, 3.8) is 0 Å². The van der Waals surface area contributed by atoms with Gasteiger partial charge in [0.2, 0.25) is 0 Å². The summed E-state index contributed by atoms with van der Waals surface area (Å²) in [5, 5.41) is 6.35. The van der Waals surface area contributed by atoms with Crippen LogP contribution in [0.1, 0.15) is 75.1 Å². The molecule has 0 unspecified atom stereocenters. The average Bonchev–Trinajstić information content (AvgIpc) is 2.80. The Bertz CT molecular complexity index is 697. The standard InChI is InChI=1S/C26H41N3O3/c1-4-5-18-27-19-8-6-7-9-20-32-25-16-14-24(15-17-25)29(3)26(31)28-23-12-10-22(11-13-23)21(2)30/h4,10-13,24-25,27H,1,5-9,14-20H2,2-3H3,(H,28,31). The number of Topliss-reactive ketones (excluding diaryl/α,β-unsaturated/α-hetero) is 1. The molecule has 2 rings (SSSR count). The number of hydrogen-bond donors (Lipinski definition) is 2. The molecule has 1 aliphatic carbocycles. The van der Waals surface area contributed by atoms with Gasteiger partial charge in [-0.25, -0.2) is 4.79 Å². The number of carbonyl (C=O) groups excluding carboxylic acids is 2. The Hall–Kier alpha value is -2.18. The van der Waals surface area contributed by atoms with Gasteiger partial charge in [0, 0.05) is 30.9 Å². The molecule has 2 N–H and O–H groups in total. The second-order valence-corrected chi connectivity index (χ2v) is 8.72. The average molecular weight is 444 g/mol. The first-order chi connectivity index (χ1) is 15.5. The van der Waals surface area contributed by atoms with Crippen molar-refractivity contribution in [1.82, 2.24) is 10.2 Å². The zero-order chi connectivity index (χ0) is 23.2. The normalized spacial score (nSPS) is 18.2. The van der Waals surface area contributed by atoms with Crippen molar-refractivity contribution in [2.75, 3.05) is 32.1 Å².